The van der Waals surface area contributed by atoms with Gasteiger partial charge in [-0.15, -0.1) is 0 Å². The Kier molecular flexibility index (Phi) is 3.96. The summed E-state index contributed by atoms with van der Waals surface area (Å²) in [5.41, 5.74) is -1.14. The minimum absolute atomic E-state index is 0.0496. The number of alkyl halides is 1. The van der Waals surface area contributed by atoms with Crippen molar-refractivity contribution in [3.63, 3.8) is 0 Å². The summed E-state index contributed by atoms with van der Waals surface area (Å²) in [6, 6.07) is 3.30. The van der Waals surface area contributed by atoms with E-state index in [9.17, 15) is 4.39 Å². The van der Waals surface area contributed by atoms with Gasteiger partial charge in [-0.2, -0.15) is 0 Å². The molecular formula is C11H13BrFNO3. The van der Waals surface area contributed by atoms with E-state index in [0.717, 1.165) is 0 Å². The molecule has 0 radical (unpaired) electrons. The van der Waals surface area contributed by atoms with Gasteiger partial charge in [0.1, 0.15) is 17.0 Å². The maximum absolute atomic E-state index is 14.1. The number of hydrogen-bond acceptors (Lipinski definition) is 4. The van der Waals surface area contributed by atoms with Crippen molar-refractivity contribution in [1.29, 1.82) is 0 Å². The monoisotopic (exact) mass is 305 g/mol. The minimum atomic E-state index is -1.48. The molecule has 6 heteroatoms. The van der Waals surface area contributed by atoms with Gasteiger partial charge in [0, 0.05) is 19.2 Å². The van der Waals surface area contributed by atoms with Gasteiger partial charge < -0.3 is 14.2 Å². The largest absolute Gasteiger partial charge is 0.491 e. The van der Waals surface area contributed by atoms with Crippen molar-refractivity contribution in [3.8, 4) is 5.75 Å². The highest BCUT2D eigenvalue weighted by atomic mass is 79.9. The van der Waals surface area contributed by atoms with Crippen LogP contribution in [0.3, 0.4) is 0 Å². The number of ether oxygens (including phenoxy) is 3. The number of aromatic nitrogens is 1. The van der Waals surface area contributed by atoms with E-state index in [0.29, 0.717) is 29.3 Å². The predicted octanol–water partition coefficient (Wildman–Crippen LogP) is 2.06. The molecule has 4 nitrogen and oxygen atoms in total. The molecule has 0 aromatic carbocycles. The summed E-state index contributed by atoms with van der Waals surface area (Å²) in [6.45, 7) is 1.00. The quantitative estimate of drug-likeness (QED) is 0.617. The molecule has 1 aromatic rings. The lowest BCUT2D eigenvalue weighted by Crippen LogP contribution is -2.43. The first-order valence-electron chi connectivity index (χ1n) is 5.20. The Morgan fingerprint density at radius 2 is 2.24 bits per heavy atom. The minimum Gasteiger partial charge on any atom is -0.491 e. The zero-order valence-corrected chi connectivity index (χ0v) is 11.0. The van der Waals surface area contributed by atoms with Crippen LogP contribution in [-0.2, 0) is 15.1 Å². The molecule has 0 aliphatic carbocycles. The standard InChI is InChI=1S/C11H13BrFNO3/c1-15-2-3-17-8-4-9(14-10(12)5-8)11(13)6-16-7-11/h4-5H,2-3,6-7H2,1H3. The summed E-state index contributed by atoms with van der Waals surface area (Å²) in [7, 11) is 1.60. The molecule has 0 atom stereocenters. The van der Waals surface area contributed by atoms with Crippen LogP contribution in [-0.4, -0.2) is 38.5 Å². The fourth-order valence-corrected chi connectivity index (χ4v) is 1.87. The fourth-order valence-electron chi connectivity index (χ4n) is 1.46. The van der Waals surface area contributed by atoms with Crippen LogP contribution in [0.2, 0.25) is 0 Å². The van der Waals surface area contributed by atoms with Crippen LogP contribution in [0.1, 0.15) is 5.69 Å². The molecule has 0 N–H and O–H groups in total. The second-order valence-corrected chi connectivity index (χ2v) is 4.62. The highest BCUT2D eigenvalue weighted by Gasteiger charge is 2.42. The van der Waals surface area contributed by atoms with E-state index < -0.39 is 5.67 Å². The van der Waals surface area contributed by atoms with Crippen molar-refractivity contribution in [3.05, 3.63) is 22.4 Å². The maximum Gasteiger partial charge on any atom is 0.198 e. The lowest BCUT2D eigenvalue weighted by atomic mass is 9.99. The normalized spacial score (nSPS) is 17.6. The molecule has 17 heavy (non-hydrogen) atoms. The number of methoxy groups -OCH3 is 1. The number of rotatable bonds is 5. The van der Waals surface area contributed by atoms with Gasteiger partial charge in [-0.3, -0.25) is 0 Å². The Morgan fingerprint density at radius 3 is 2.82 bits per heavy atom. The van der Waals surface area contributed by atoms with Crippen LogP contribution >= 0.6 is 15.9 Å². The van der Waals surface area contributed by atoms with Crippen LogP contribution in [0.15, 0.2) is 16.7 Å². The highest BCUT2D eigenvalue weighted by molar-refractivity contribution is 9.10. The summed E-state index contributed by atoms with van der Waals surface area (Å²) >= 11 is 3.24. The number of hydrogen-bond donors (Lipinski definition) is 0. The zero-order valence-electron chi connectivity index (χ0n) is 9.41. The molecule has 0 saturated carbocycles. The van der Waals surface area contributed by atoms with E-state index in [2.05, 4.69) is 20.9 Å². The molecule has 0 amide bonds. The van der Waals surface area contributed by atoms with E-state index in [1.54, 1.807) is 19.2 Å². The smallest absolute Gasteiger partial charge is 0.198 e. The van der Waals surface area contributed by atoms with Gasteiger partial charge in [-0.25, -0.2) is 9.37 Å². The van der Waals surface area contributed by atoms with Crippen LogP contribution < -0.4 is 4.74 Å². The molecule has 0 spiro atoms. The van der Waals surface area contributed by atoms with Crippen LogP contribution in [0.4, 0.5) is 4.39 Å². The van der Waals surface area contributed by atoms with E-state index in [1.807, 2.05) is 0 Å². The molecule has 94 valence electrons. The third-order valence-corrected chi connectivity index (χ3v) is 2.85. The number of nitrogens with zero attached hydrogens (tertiary/aromatic N) is 1. The van der Waals surface area contributed by atoms with Crippen molar-refractivity contribution >= 4 is 15.9 Å². The third kappa shape index (κ3) is 2.94. The van der Waals surface area contributed by atoms with Crippen molar-refractivity contribution < 1.29 is 18.6 Å². The molecular weight excluding hydrogens is 293 g/mol. The Balaban J connectivity index is 2.12. The summed E-state index contributed by atoms with van der Waals surface area (Å²) in [5.74, 6) is 0.572. The van der Waals surface area contributed by atoms with Gasteiger partial charge in [-0.05, 0) is 15.9 Å². The fraction of sp³-hybridized carbons (Fsp3) is 0.545. The number of halogens is 2. The van der Waals surface area contributed by atoms with Gasteiger partial charge in [-0.1, -0.05) is 0 Å². The predicted molar refractivity (Wildman–Crippen MR) is 62.9 cm³/mol. The zero-order chi connectivity index (χ0) is 12.3. The Bertz CT molecular complexity index is 398. The van der Waals surface area contributed by atoms with Crippen molar-refractivity contribution in [2.75, 3.05) is 33.5 Å². The van der Waals surface area contributed by atoms with Crippen LogP contribution in [0.25, 0.3) is 0 Å². The summed E-state index contributed by atoms with van der Waals surface area (Å²) < 4.78 is 29.8. The lowest BCUT2D eigenvalue weighted by Gasteiger charge is -2.33. The Labute approximate surface area is 107 Å². The Morgan fingerprint density at radius 1 is 1.47 bits per heavy atom. The first-order chi connectivity index (χ1) is 8.14. The van der Waals surface area contributed by atoms with Gasteiger partial charge in [0.25, 0.3) is 0 Å². The molecule has 1 saturated heterocycles. The molecule has 1 aliphatic rings. The van der Waals surface area contributed by atoms with E-state index >= 15 is 0 Å². The lowest BCUT2D eigenvalue weighted by molar-refractivity contribution is -0.137. The molecule has 0 unspecified atom stereocenters. The van der Waals surface area contributed by atoms with Crippen molar-refractivity contribution in [2.24, 2.45) is 0 Å². The number of pyridine rings is 1. The SMILES string of the molecule is COCCOc1cc(Br)nc(C2(F)COC2)c1. The average Bonchev–Trinajstić information content (AvgIpc) is 2.25. The van der Waals surface area contributed by atoms with Gasteiger partial charge >= 0.3 is 0 Å². The second kappa shape index (κ2) is 5.29. The van der Waals surface area contributed by atoms with Gasteiger partial charge in [0.2, 0.25) is 0 Å². The molecule has 0 bridgehead atoms. The summed E-state index contributed by atoms with van der Waals surface area (Å²) in [5, 5.41) is 0. The van der Waals surface area contributed by atoms with Gasteiger partial charge in [0.15, 0.2) is 5.67 Å². The first-order valence-corrected chi connectivity index (χ1v) is 6.00. The maximum atomic E-state index is 14.1. The summed E-state index contributed by atoms with van der Waals surface area (Å²) in [6.07, 6.45) is 0. The second-order valence-electron chi connectivity index (χ2n) is 3.81. The highest BCUT2D eigenvalue weighted by Crippen LogP contribution is 2.35. The third-order valence-electron chi connectivity index (χ3n) is 2.44. The molecule has 1 fully saturated rings. The van der Waals surface area contributed by atoms with Crippen LogP contribution in [0, 0.1) is 0 Å². The molecule has 1 aromatic heterocycles. The summed E-state index contributed by atoms with van der Waals surface area (Å²) in [4.78, 5) is 4.11. The molecule has 2 rings (SSSR count). The molecule has 2 heterocycles. The van der Waals surface area contributed by atoms with Gasteiger partial charge in [0.05, 0.1) is 25.5 Å². The van der Waals surface area contributed by atoms with E-state index in [1.165, 1.54) is 0 Å². The molecule has 1 aliphatic heterocycles. The first kappa shape index (κ1) is 12.7. The topological polar surface area (TPSA) is 40.6 Å². The van der Waals surface area contributed by atoms with Crippen molar-refractivity contribution in [2.45, 2.75) is 5.67 Å². The van der Waals surface area contributed by atoms with Crippen molar-refractivity contribution in [1.82, 2.24) is 4.98 Å². The van der Waals surface area contributed by atoms with Crippen LogP contribution in [0.5, 0.6) is 5.75 Å². The van der Waals surface area contributed by atoms with E-state index in [-0.39, 0.29) is 13.2 Å². The average molecular weight is 306 g/mol. The Hall–Kier alpha value is -0.720. The van der Waals surface area contributed by atoms with E-state index in [4.69, 9.17) is 14.2 Å².